The minimum atomic E-state index is 0.191. The molecule has 1 aromatic rings. The van der Waals surface area contributed by atoms with E-state index in [1.807, 2.05) is 12.3 Å². The van der Waals surface area contributed by atoms with Gasteiger partial charge in [0, 0.05) is 12.2 Å². The molecule has 0 unspecified atom stereocenters. The number of aryl methyl sites for hydroxylation is 1. The van der Waals surface area contributed by atoms with Crippen LogP contribution < -0.4 is 5.73 Å². The molecule has 0 aliphatic heterocycles. The zero-order valence-electron chi connectivity index (χ0n) is 5.75. The monoisotopic (exact) mass is 134 g/mol. The van der Waals surface area contributed by atoms with Gasteiger partial charge in [-0.25, -0.2) is 0 Å². The third-order valence-electron chi connectivity index (χ3n) is 2.00. The van der Waals surface area contributed by atoms with Crippen LogP contribution in [0.2, 0.25) is 0 Å². The van der Waals surface area contributed by atoms with E-state index in [0.717, 1.165) is 18.5 Å². The van der Waals surface area contributed by atoms with Crippen molar-refractivity contribution in [2.45, 2.75) is 18.9 Å². The topological polar surface area (TPSA) is 38.9 Å². The normalized spacial score (nSPS) is 22.7. The largest absolute Gasteiger partial charge is 0.323 e. The molecule has 2 nitrogen and oxygen atoms in total. The second-order valence-electron chi connectivity index (χ2n) is 2.69. The molecule has 2 rings (SSSR count). The predicted octanol–water partition coefficient (Wildman–Crippen LogP) is 1.03. The Bertz CT molecular complexity index is 245. The van der Waals surface area contributed by atoms with Gasteiger partial charge in [-0.1, -0.05) is 6.07 Å². The number of hydrogen-bond acceptors (Lipinski definition) is 2. The molecule has 1 atom stereocenters. The van der Waals surface area contributed by atoms with Crippen molar-refractivity contribution >= 4 is 0 Å². The van der Waals surface area contributed by atoms with Crippen LogP contribution in [0.4, 0.5) is 0 Å². The van der Waals surface area contributed by atoms with E-state index >= 15 is 0 Å². The number of fused-ring (bicyclic) bond motifs is 1. The second kappa shape index (κ2) is 2.06. The van der Waals surface area contributed by atoms with E-state index in [1.165, 1.54) is 5.56 Å². The van der Waals surface area contributed by atoms with Crippen LogP contribution in [0, 0.1) is 0 Å². The Labute approximate surface area is 60.1 Å². The minimum Gasteiger partial charge on any atom is -0.323 e. The molecule has 0 amide bonds. The zero-order valence-corrected chi connectivity index (χ0v) is 5.75. The molecule has 1 heterocycles. The van der Waals surface area contributed by atoms with Crippen LogP contribution >= 0.6 is 0 Å². The quantitative estimate of drug-likeness (QED) is 0.575. The van der Waals surface area contributed by atoms with Gasteiger partial charge >= 0.3 is 0 Å². The van der Waals surface area contributed by atoms with Gasteiger partial charge in [-0.15, -0.1) is 0 Å². The van der Waals surface area contributed by atoms with Crippen molar-refractivity contribution in [3.8, 4) is 0 Å². The van der Waals surface area contributed by atoms with Crippen LogP contribution in [-0.4, -0.2) is 4.98 Å². The number of pyridine rings is 1. The standard InChI is InChI=1S/C8H10N2/c9-7-4-3-6-2-1-5-10-8(6)7/h1-2,5,7H,3-4,9H2/t7-/m0/s1. The Morgan fingerprint density at radius 2 is 2.50 bits per heavy atom. The molecule has 1 aromatic heterocycles. The van der Waals surface area contributed by atoms with E-state index in [2.05, 4.69) is 11.1 Å². The van der Waals surface area contributed by atoms with Gasteiger partial charge in [0.2, 0.25) is 0 Å². The summed E-state index contributed by atoms with van der Waals surface area (Å²) < 4.78 is 0. The van der Waals surface area contributed by atoms with Crippen molar-refractivity contribution in [3.63, 3.8) is 0 Å². The smallest absolute Gasteiger partial charge is 0.0602 e. The summed E-state index contributed by atoms with van der Waals surface area (Å²) in [6.45, 7) is 0. The SMILES string of the molecule is N[C@H]1CCc2cccnc21. The van der Waals surface area contributed by atoms with Crippen molar-refractivity contribution in [3.05, 3.63) is 29.6 Å². The molecule has 2 heteroatoms. The first kappa shape index (κ1) is 5.86. The molecular weight excluding hydrogens is 124 g/mol. The van der Waals surface area contributed by atoms with E-state index in [9.17, 15) is 0 Å². The first-order chi connectivity index (χ1) is 4.88. The molecule has 0 saturated carbocycles. The number of hydrogen-bond donors (Lipinski definition) is 1. The number of nitrogens with zero attached hydrogens (tertiary/aromatic N) is 1. The summed E-state index contributed by atoms with van der Waals surface area (Å²) in [4.78, 5) is 4.22. The molecule has 1 aliphatic rings. The Kier molecular flexibility index (Phi) is 1.21. The van der Waals surface area contributed by atoms with Crippen LogP contribution in [-0.2, 0) is 6.42 Å². The number of aromatic nitrogens is 1. The highest BCUT2D eigenvalue weighted by Gasteiger charge is 2.18. The van der Waals surface area contributed by atoms with E-state index in [0.29, 0.717) is 0 Å². The molecule has 0 saturated heterocycles. The summed E-state index contributed by atoms with van der Waals surface area (Å²) >= 11 is 0. The maximum Gasteiger partial charge on any atom is 0.0602 e. The van der Waals surface area contributed by atoms with Crippen molar-refractivity contribution in [1.29, 1.82) is 0 Å². The Hall–Kier alpha value is -0.890. The first-order valence-corrected chi connectivity index (χ1v) is 3.57. The summed E-state index contributed by atoms with van der Waals surface area (Å²) in [5.41, 5.74) is 8.21. The van der Waals surface area contributed by atoms with E-state index in [4.69, 9.17) is 5.73 Å². The highest BCUT2D eigenvalue weighted by molar-refractivity contribution is 5.27. The lowest BCUT2D eigenvalue weighted by molar-refractivity contribution is 0.698. The summed E-state index contributed by atoms with van der Waals surface area (Å²) in [5.74, 6) is 0. The molecule has 52 valence electrons. The van der Waals surface area contributed by atoms with Gasteiger partial charge in [0.1, 0.15) is 0 Å². The summed E-state index contributed by atoms with van der Waals surface area (Å²) in [7, 11) is 0. The fraction of sp³-hybridized carbons (Fsp3) is 0.375. The molecule has 10 heavy (non-hydrogen) atoms. The van der Waals surface area contributed by atoms with Crippen LogP contribution in [0.25, 0.3) is 0 Å². The fourth-order valence-corrected chi connectivity index (χ4v) is 1.44. The molecule has 2 N–H and O–H groups in total. The van der Waals surface area contributed by atoms with Gasteiger partial charge in [0.25, 0.3) is 0 Å². The van der Waals surface area contributed by atoms with Crippen LogP contribution in [0.5, 0.6) is 0 Å². The fourth-order valence-electron chi connectivity index (χ4n) is 1.44. The Morgan fingerprint density at radius 1 is 1.60 bits per heavy atom. The van der Waals surface area contributed by atoms with Crippen molar-refractivity contribution < 1.29 is 0 Å². The Morgan fingerprint density at radius 3 is 3.30 bits per heavy atom. The van der Waals surface area contributed by atoms with Crippen molar-refractivity contribution in [2.24, 2.45) is 5.73 Å². The third-order valence-corrected chi connectivity index (χ3v) is 2.00. The van der Waals surface area contributed by atoms with Gasteiger partial charge in [-0.05, 0) is 24.5 Å². The summed E-state index contributed by atoms with van der Waals surface area (Å²) in [6, 6.07) is 4.27. The van der Waals surface area contributed by atoms with Crippen LogP contribution in [0.3, 0.4) is 0 Å². The van der Waals surface area contributed by atoms with Gasteiger partial charge < -0.3 is 5.73 Å². The van der Waals surface area contributed by atoms with Gasteiger partial charge in [-0.2, -0.15) is 0 Å². The molecule has 0 radical (unpaired) electrons. The van der Waals surface area contributed by atoms with Gasteiger partial charge in [-0.3, -0.25) is 4.98 Å². The highest BCUT2D eigenvalue weighted by atomic mass is 14.8. The van der Waals surface area contributed by atoms with Crippen molar-refractivity contribution in [1.82, 2.24) is 4.98 Å². The van der Waals surface area contributed by atoms with E-state index in [1.54, 1.807) is 0 Å². The zero-order chi connectivity index (χ0) is 6.97. The lowest BCUT2D eigenvalue weighted by atomic mass is 10.2. The molecule has 0 bridgehead atoms. The second-order valence-corrected chi connectivity index (χ2v) is 2.69. The maximum absolute atomic E-state index is 5.78. The minimum absolute atomic E-state index is 0.191. The summed E-state index contributed by atoms with van der Waals surface area (Å²) in [6.07, 6.45) is 3.97. The molecule has 0 aromatic carbocycles. The van der Waals surface area contributed by atoms with Crippen molar-refractivity contribution in [2.75, 3.05) is 0 Å². The average Bonchev–Trinajstić information content (AvgIpc) is 2.34. The summed E-state index contributed by atoms with van der Waals surface area (Å²) in [5, 5.41) is 0. The highest BCUT2D eigenvalue weighted by Crippen LogP contribution is 2.25. The van der Waals surface area contributed by atoms with E-state index < -0.39 is 0 Å². The van der Waals surface area contributed by atoms with Crippen LogP contribution in [0.1, 0.15) is 23.7 Å². The lowest BCUT2D eigenvalue weighted by Crippen LogP contribution is -2.06. The molecule has 0 fully saturated rings. The lowest BCUT2D eigenvalue weighted by Gasteiger charge is -2.00. The predicted molar refractivity (Wildman–Crippen MR) is 39.5 cm³/mol. The maximum atomic E-state index is 5.78. The third kappa shape index (κ3) is 0.727. The van der Waals surface area contributed by atoms with E-state index in [-0.39, 0.29) is 6.04 Å². The Balaban J connectivity index is 2.51. The van der Waals surface area contributed by atoms with Gasteiger partial charge in [0.05, 0.1) is 5.69 Å². The molecule has 1 aliphatic carbocycles. The van der Waals surface area contributed by atoms with Gasteiger partial charge in [0.15, 0.2) is 0 Å². The number of rotatable bonds is 0. The van der Waals surface area contributed by atoms with Crippen LogP contribution in [0.15, 0.2) is 18.3 Å². The number of nitrogens with two attached hydrogens (primary N) is 1. The molecular formula is C8H10N2. The molecule has 0 spiro atoms. The average molecular weight is 134 g/mol. The first-order valence-electron chi connectivity index (χ1n) is 3.57.